The van der Waals surface area contributed by atoms with E-state index in [1.165, 1.54) is 13.1 Å². The molecule has 0 fully saturated rings. The van der Waals surface area contributed by atoms with Gasteiger partial charge in [0.25, 0.3) is 0 Å². The molecule has 8 heteroatoms. The molecule has 0 aliphatic carbocycles. The Hall–Kier alpha value is -0.0477. The second kappa shape index (κ2) is 8.99. The number of aryl methyl sites for hydroxylation is 2. The number of hydrogen-bond acceptors (Lipinski definition) is 1. The van der Waals surface area contributed by atoms with Gasteiger partial charge in [0.1, 0.15) is 12.4 Å². The molecule has 0 amide bonds. The average Bonchev–Trinajstić information content (AvgIpc) is 2.89. The molecule has 0 bridgehead atoms. The van der Waals surface area contributed by atoms with E-state index in [0.717, 1.165) is 10.8 Å². The minimum atomic E-state index is -0.0626. The summed E-state index contributed by atoms with van der Waals surface area (Å²) in [5.41, 5.74) is 0. The summed E-state index contributed by atoms with van der Waals surface area (Å²) in [4.78, 5) is 11.6. The van der Waals surface area contributed by atoms with Gasteiger partial charge in [-0.1, -0.05) is 0 Å². The van der Waals surface area contributed by atoms with Gasteiger partial charge < -0.3 is 13.9 Å². The number of nitrogens with zero attached hydrogens (tertiary/aromatic N) is 4. The van der Waals surface area contributed by atoms with Crippen LogP contribution in [0.3, 0.4) is 0 Å². The number of ketones is 1. The summed E-state index contributed by atoms with van der Waals surface area (Å²) in [6.45, 7) is 3.06. The normalized spacial score (nSPS) is 9.68. The molecule has 0 unspecified atom stereocenters. The number of halogens is 2. The SMILES string of the molecule is Cn1cc[n+]([CH-]C(=O)[CH-][n+]2ccn(C)c2)c1.[I][Pd][I]. The van der Waals surface area contributed by atoms with Crippen molar-refractivity contribution in [1.29, 1.82) is 0 Å². The summed E-state index contributed by atoms with van der Waals surface area (Å²) < 4.78 is 7.20. The standard InChI is InChI=1S/C11H14N4O.2HI.Pd/c1-12-3-5-14(9-12)7-11(16)8-15-6-4-13(2)10-15;;;/h3-10H,1-2H3;2*1H;/q;;;+2/p-2. The molecule has 2 rings (SSSR count). The number of imidazole rings is 2. The van der Waals surface area contributed by atoms with Crippen molar-refractivity contribution in [2.45, 2.75) is 0 Å². The quantitative estimate of drug-likeness (QED) is 0.231. The maximum atomic E-state index is 11.6. The van der Waals surface area contributed by atoms with Crippen molar-refractivity contribution in [1.82, 2.24) is 9.13 Å². The Morgan fingerprint density at radius 2 is 1.42 bits per heavy atom. The topological polar surface area (TPSA) is 34.7 Å². The Balaban J connectivity index is 0.000000550. The molecule has 2 aromatic heterocycles. The molecule has 0 atom stereocenters. The molecule has 108 valence electrons. The molecule has 19 heavy (non-hydrogen) atoms. The Morgan fingerprint density at radius 3 is 1.68 bits per heavy atom. The zero-order chi connectivity index (χ0) is 14.3. The van der Waals surface area contributed by atoms with Crippen LogP contribution in [0.5, 0.6) is 0 Å². The predicted molar refractivity (Wildman–Crippen MR) is 83.7 cm³/mol. The first kappa shape index (κ1) is 17.0. The summed E-state index contributed by atoms with van der Waals surface area (Å²) in [6, 6.07) is 0. The fourth-order valence-corrected chi connectivity index (χ4v) is 1.42. The van der Waals surface area contributed by atoms with Crippen LogP contribution in [0.15, 0.2) is 37.4 Å². The number of aromatic nitrogens is 4. The van der Waals surface area contributed by atoms with Crippen LogP contribution in [0, 0.1) is 13.1 Å². The van der Waals surface area contributed by atoms with Crippen molar-refractivity contribution >= 4 is 44.8 Å². The summed E-state index contributed by atoms with van der Waals surface area (Å²) in [5.74, 6) is -0.0626. The number of carbonyl (C=O) groups excluding carboxylic acids is 1. The summed E-state index contributed by atoms with van der Waals surface area (Å²) >= 11 is 4.65. The Bertz CT molecular complexity index is 482. The van der Waals surface area contributed by atoms with Crippen molar-refractivity contribution in [3.8, 4) is 0 Å². The van der Waals surface area contributed by atoms with E-state index in [9.17, 15) is 4.79 Å². The second-order valence-corrected chi connectivity index (χ2v) is 15.7. The van der Waals surface area contributed by atoms with E-state index in [2.05, 4.69) is 39.0 Å². The first-order valence-electron chi connectivity index (χ1n) is 5.16. The third-order valence-corrected chi connectivity index (χ3v) is 2.13. The van der Waals surface area contributed by atoms with Gasteiger partial charge in [-0.2, -0.15) is 0 Å². The van der Waals surface area contributed by atoms with E-state index >= 15 is 0 Å². The predicted octanol–water partition coefficient (Wildman–Crippen LogP) is 0.997. The minimum absolute atomic E-state index is 0.0626. The van der Waals surface area contributed by atoms with Gasteiger partial charge in [0, 0.05) is 6.20 Å². The van der Waals surface area contributed by atoms with E-state index in [-0.39, 0.29) is 5.78 Å². The van der Waals surface area contributed by atoms with E-state index in [0.29, 0.717) is 0 Å². The summed E-state index contributed by atoms with van der Waals surface area (Å²) in [7, 11) is 4.70. The van der Waals surface area contributed by atoms with Gasteiger partial charge in [0.05, 0.1) is 26.2 Å². The van der Waals surface area contributed by atoms with Crippen LogP contribution in [0.2, 0.25) is 0 Å². The third-order valence-electron chi connectivity index (χ3n) is 2.13. The molecular formula is C11H14I2N4OPd. The molecule has 2 heterocycles. The van der Waals surface area contributed by atoms with Crippen LogP contribution in [-0.2, 0) is 29.6 Å². The van der Waals surface area contributed by atoms with Gasteiger partial charge in [0.15, 0.2) is 0 Å². The molecule has 0 spiro atoms. The van der Waals surface area contributed by atoms with E-state index in [1.807, 2.05) is 60.7 Å². The molecule has 0 radical (unpaired) electrons. The molecule has 0 saturated heterocycles. The molecule has 5 nitrogen and oxygen atoms in total. The van der Waals surface area contributed by atoms with Crippen LogP contribution in [0.4, 0.5) is 0 Å². The molecule has 0 saturated carbocycles. The first-order valence-corrected chi connectivity index (χ1v) is 14.4. The molecule has 0 aliphatic rings. The molecule has 0 N–H and O–H groups in total. The van der Waals surface area contributed by atoms with E-state index < -0.39 is 0 Å². The van der Waals surface area contributed by atoms with Crippen LogP contribution in [0.25, 0.3) is 0 Å². The van der Waals surface area contributed by atoms with Gasteiger partial charge in [0.2, 0.25) is 6.33 Å². The molecule has 2 aromatic rings. The fraction of sp³-hybridized carbons (Fsp3) is 0.182. The number of carbonyl (C=O) groups is 1. The van der Waals surface area contributed by atoms with Crippen LogP contribution < -0.4 is 9.13 Å². The zero-order valence-electron chi connectivity index (χ0n) is 10.4. The van der Waals surface area contributed by atoms with Crippen molar-refractivity contribution in [2.75, 3.05) is 0 Å². The monoisotopic (exact) mass is 578 g/mol. The Labute approximate surface area is 142 Å². The van der Waals surface area contributed by atoms with E-state index in [1.54, 1.807) is 9.13 Å². The van der Waals surface area contributed by atoms with Gasteiger partial charge >= 0.3 is 49.8 Å². The van der Waals surface area contributed by atoms with Gasteiger partial charge in [-0.15, -0.1) is 0 Å². The van der Waals surface area contributed by atoms with Crippen LogP contribution in [-0.4, -0.2) is 14.9 Å². The van der Waals surface area contributed by atoms with Crippen molar-refractivity contribution in [3.63, 3.8) is 0 Å². The molecule has 0 aliphatic heterocycles. The number of rotatable bonds is 4. The zero-order valence-corrected chi connectivity index (χ0v) is 16.3. The van der Waals surface area contributed by atoms with Crippen LogP contribution >= 0.6 is 39.0 Å². The van der Waals surface area contributed by atoms with Crippen molar-refractivity contribution < 1.29 is 24.7 Å². The van der Waals surface area contributed by atoms with Gasteiger partial charge in [-0.3, -0.25) is 4.57 Å². The second-order valence-electron chi connectivity index (χ2n) is 3.76. The van der Waals surface area contributed by atoms with Crippen molar-refractivity contribution in [2.24, 2.45) is 14.1 Å². The van der Waals surface area contributed by atoms with Gasteiger partial charge in [-0.05, 0) is 19.3 Å². The Morgan fingerprint density at radius 1 is 1.05 bits per heavy atom. The van der Waals surface area contributed by atoms with Crippen molar-refractivity contribution in [3.05, 3.63) is 50.5 Å². The van der Waals surface area contributed by atoms with Crippen LogP contribution in [0.1, 0.15) is 0 Å². The fourth-order valence-electron chi connectivity index (χ4n) is 1.42. The number of hydrogen-bond donors (Lipinski definition) is 0. The average molecular weight is 578 g/mol. The third kappa shape index (κ3) is 6.78. The van der Waals surface area contributed by atoms with Gasteiger partial charge in [-0.25, -0.2) is 4.57 Å². The summed E-state index contributed by atoms with van der Waals surface area (Å²) in [5, 5.41) is 0. The van der Waals surface area contributed by atoms with E-state index in [4.69, 9.17) is 0 Å². The summed E-state index contributed by atoms with van der Waals surface area (Å²) in [6.07, 6.45) is 11.0. The molecule has 0 aromatic carbocycles. The molecular weight excluding hydrogens is 564 g/mol. The first-order chi connectivity index (χ1) is 9.05. The Kier molecular flexibility index (Phi) is 8.05. The number of Topliss-reactive ketones (excluding diaryl/α,β-unsaturated/α-hetero) is 1. The maximum absolute atomic E-state index is 11.6.